The molecule has 27 heavy (non-hydrogen) atoms. The predicted molar refractivity (Wildman–Crippen MR) is 101 cm³/mol. The third-order valence-corrected chi connectivity index (χ3v) is 4.36. The van der Waals surface area contributed by atoms with Crippen LogP contribution in [0.4, 0.5) is 11.4 Å². The minimum atomic E-state index is -0.532. The lowest BCUT2D eigenvalue weighted by molar-refractivity contribution is -0.384. The van der Waals surface area contributed by atoms with E-state index >= 15 is 0 Å². The normalized spacial score (nSPS) is 16.7. The van der Waals surface area contributed by atoms with Crippen molar-refractivity contribution >= 4 is 41.0 Å². The summed E-state index contributed by atoms with van der Waals surface area (Å²) in [5.41, 5.74) is 3.48. The number of carbonyl (C=O) groups is 2. The molecule has 0 radical (unpaired) electrons. The molecule has 1 heterocycles. The Morgan fingerprint density at radius 3 is 2.74 bits per heavy atom. The highest BCUT2D eigenvalue weighted by atomic mass is 35.5. The predicted octanol–water partition coefficient (Wildman–Crippen LogP) is 2.75. The van der Waals surface area contributed by atoms with Crippen molar-refractivity contribution in [2.45, 2.75) is 6.42 Å². The van der Waals surface area contributed by atoms with Gasteiger partial charge in [-0.15, -0.1) is 0 Å². The Kier molecular flexibility index (Phi) is 5.46. The average molecular weight is 387 g/mol. The monoisotopic (exact) mass is 386 g/mol. The van der Waals surface area contributed by atoms with Crippen molar-refractivity contribution in [2.24, 2.45) is 11.0 Å². The van der Waals surface area contributed by atoms with E-state index in [1.54, 1.807) is 30.3 Å². The first-order valence-electron chi connectivity index (χ1n) is 8.07. The molecule has 1 aliphatic heterocycles. The van der Waals surface area contributed by atoms with Crippen LogP contribution >= 0.6 is 11.6 Å². The van der Waals surface area contributed by atoms with E-state index in [1.807, 2.05) is 0 Å². The van der Waals surface area contributed by atoms with E-state index in [9.17, 15) is 19.7 Å². The Labute approximate surface area is 159 Å². The molecule has 1 saturated heterocycles. The number of hydrazone groups is 1. The van der Waals surface area contributed by atoms with Crippen LogP contribution in [-0.4, -0.2) is 29.5 Å². The molecule has 9 heteroatoms. The number of carbonyl (C=O) groups excluding carboxylic acids is 2. The first-order chi connectivity index (χ1) is 12.9. The van der Waals surface area contributed by atoms with Crippen molar-refractivity contribution in [3.63, 3.8) is 0 Å². The maximum Gasteiger partial charge on any atom is 0.270 e. The second kappa shape index (κ2) is 7.96. The molecule has 0 saturated carbocycles. The summed E-state index contributed by atoms with van der Waals surface area (Å²) in [6, 6.07) is 12.7. The average Bonchev–Trinajstić information content (AvgIpc) is 3.04. The maximum atomic E-state index is 12.3. The van der Waals surface area contributed by atoms with Gasteiger partial charge in [0, 0.05) is 41.4 Å². The van der Waals surface area contributed by atoms with Crippen molar-refractivity contribution in [1.82, 2.24) is 5.43 Å². The minimum Gasteiger partial charge on any atom is -0.312 e. The third kappa shape index (κ3) is 4.48. The molecule has 0 bridgehead atoms. The molecule has 2 aromatic carbocycles. The summed E-state index contributed by atoms with van der Waals surface area (Å²) < 4.78 is 0. The van der Waals surface area contributed by atoms with Gasteiger partial charge in [-0.3, -0.25) is 19.7 Å². The lowest BCUT2D eigenvalue weighted by atomic mass is 10.1. The zero-order valence-electron chi connectivity index (χ0n) is 14.0. The zero-order valence-corrected chi connectivity index (χ0v) is 14.8. The highest BCUT2D eigenvalue weighted by Crippen LogP contribution is 2.26. The fourth-order valence-electron chi connectivity index (χ4n) is 2.73. The zero-order chi connectivity index (χ0) is 19.4. The molecule has 0 aromatic heterocycles. The number of nitro benzene ring substituents is 1. The smallest absolute Gasteiger partial charge is 0.270 e. The molecule has 138 valence electrons. The summed E-state index contributed by atoms with van der Waals surface area (Å²) >= 11 is 5.85. The summed E-state index contributed by atoms with van der Waals surface area (Å²) in [7, 11) is 0. The summed E-state index contributed by atoms with van der Waals surface area (Å²) in [4.78, 5) is 36.2. The van der Waals surface area contributed by atoms with Gasteiger partial charge in [0.1, 0.15) is 0 Å². The van der Waals surface area contributed by atoms with Gasteiger partial charge >= 0.3 is 0 Å². The number of halogens is 1. The van der Waals surface area contributed by atoms with E-state index in [-0.39, 0.29) is 30.5 Å². The van der Waals surface area contributed by atoms with Crippen LogP contribution in [0.5, 0.6) is 0 Å². The molecule has 2 amide bonds. The van der Waals surface area contributed by atoms with Gasteiger partial charge in [-0.25, -0.2) is 5.43 Å². The van der Waals surface area contributed by atoms with E-state index in [1.165, 1.54) is 29.3 Å². The van der Waals surface area contributed by atoms with Gasteiger partial charge < -0.3 is 4.90 Å². The Morgan fingerprint density at radius 2 is 2.04 bits per heavy atom. The summed E-state index contributed by atoms with van der Waals surface area (Å²) in [6.45, 7) is 0.249. The van der Waals surface area contributed by atoms with Gasteiger partial charge in [-0.2, -0.15) is 5.10 Å². The van der Waals surface area contributed by atoms with E-state index in [0.717, 1.165) is 0 Å². The second-order valence-electron chi connectivity index (χ2n) is 5.97. The first-order valence-corrected chi connectivity index (χ1v) is 8.45. The van der Waals surface area contributed by atoms with Crippen molar-refractivity contribution in [1.29, 1.82) is 0 Å². The number of non-ortho nitro benzene ring substituents is 1. The third-order valence-electron chi connectivity index (χ3n) is 4.10. The van der Waals surface area contributed by atoms with Gasteiger partial charge in [-0.1, -0.05) is 23.7 Å². The highest BCUT2D eigenvalue weighted by Gasteiger charge is 2.35. The van der Waals surface area contributed by atoms with Crippen LogP contribution in [0, 0.1) is 16.0 Å². The Balaban J connectivity index is 1.60. The molecule has 1 unspecified atom stereocenters. The van der Waals surface area contributed by atoms with Gasteiger partial charge in [0.15, 0.2) is 0 Å². The van der Waals surface area contributed by atoms with Crippen LogP contribution in [0.15, 0.2) is 53.6 Å². The Bertz CT molecular complexity index is 914. The Morgan fingerprint density at radius 1 is 1.30 bits per heavy atom. The standard InChI is InChI=1S/C18H15ClN4O4/c19-14-4-6-15(7-5-14)22-11-13(9-17(22)24)18(25)21-20-10-12-2-1-3-16(8-12)23(26)27/h1-8,10,13H,9,11H2,(H,21,25). The van der Waals surface area contributed by atoms with Crippen LogP contribution < -0.4 is 10.3 Å². The molecule has 0 aliphatic carbocycles. The molecular formula is C18H15ClN4O4. The fraction of sp³-hybridized carbons (Fsp3) is 0.167. The van der Waals surface area contributed by atoms with E-state index in [0.29, 0.717) is 16.3 Å². The number of nitro groups is 1. The van der Waals surface area contributed by atoms with Crippen LogP contribution in [0.1, 0.15) is 12.0 Å². The molecule has 2 aromatic rings. The SMILES string of the molecule is O=C(NN=Cc1cccc([N+](=O)[O-])c1)C1CC(=O)N(c2ccc(Cl)cc2)C1. The van der Waals surface area contributed by atoms with E-state index in [2.05, 4.69) is 10.5 Å². The van der Waals surface area contributed by atoms with Crippen molar-refractivity contribution < 1.29 is 14.5 Å². The Hall–Kier alpha value is -3.26. The maximum absolute atomic E-state index is 12.3. The van der Waals surface area contributed by atoms with Crippen LogP contribution in [-0.2, 0) is 9.59 Å². The molecule has 1 aliphatic rings. The summed E-state index contributed by atoms with van der Waals surface area (Å²) in [5.74, 6) is -1.07. The number of hydrogen-bond donors (Lipinski definition) is 1. The summed E-state index contributed by atoms with van der Waals surface area (Å²) in [5, 5.41) is 15.1. The van der Waals surface area contributed by atoms with E-state index in [4.69, 9.17) is 11.6 Å². The largest absolute Gasteiger partial charge is 0.312 e. The van der Waals surface area contributed by atoms with Gasteiger partial charge in [0.2, 0.25) is 11.8 Å². The quantitative estimate of drug-likeness (QED) is 0.484. The molecule has 1 N–H and O–H groups in total. The molecule has 1 atom stereocenters. The topological polar surface area (TPSA) is 105 Å². The number of hydrogen-bond acceptors (Lipinski definition) is 5. The lowest BCUT2D eigenvalue weighted by Crippen LogP contribution is -2.30. The van der Waals surface area contributed by atoms with Gasteiger partial charge in [0.25, 0.3) is 5.69 Å². The number of benzene rings is 2. The fourth-order valence-corrected chi connectivity index (χ4v) is 2.86. The number of anilines is 1. The van der Waals surface area contributed by atoms with E-state index < -0.39 is 10.8 Å². The number of nitrogens with zero attached hydrogens (tertiary/aromatic N) is 3. The minimum absolute atomic E-state index is 0.0646. The van der Waals surface area contributed by atoms with Crippen LogP contribution in [0.2, 0.25) is 5.02 Å². The lowest BCUT2D eigenvalue weighted by Gasteiger charge is -2.16. The second-order valence-corrected chi connectivity index (χ2v) is 6.40. The van der Waals surface area contributed by atoms with Gasteiger partial charge in [0.05, 0.1) is 17.1 Å². The highest BCUT2D eigenvalue weighted by molar-refractivity contribution is 6.30. The number of amides is 2. The number of nitrogens with one attached hydrogen (secondary N) is 1. The van der Waals surface area contributed by atoms with Crippen LogP contribution in [0.3, 0.4) is 0 Å². The van der Waals surface area contributed by atoms with Gasteiger partial charge in [-0.05, 0) is 24.3 Å². The van der Waals surface area contributed by atoms with Crippen molar-refractivity contribution in [3.8, 4) is 0 Å². The molecule has 0 spiro atoms. The summed E-state index contributed by atoms with van der Waals surface area (Å²) in [6.07, 6.45) is 1.40. The first kappa shape index (κ1) is 18.5. The molecular weight excluding hydrogens is 372 g/mol. The van der Waals surface area contributed by atoms with Crippen molar-refractivity contribution in [3.05, 3.63) is 69.2 Å². The molecule has 3 rings (SSSR count). The van der Waals surface area contributed by atoms with Crippen molar-refractivity contribution in [2.75, 3.05) is 11.4 Å². The molecule has 8 nitrogen and oxygen atoms in total. The molecule has 1 fully saturated rings. The van der Waals surface area contributed by atoms with Crippen LogP contribution in [0.25, 0.3) is 0 Å². The number of rotatable bonds is 5.